The molecule has 194 valence electrons. The molecule has 0 saturated heterocycles. The molecule has 10 nitrogen and oxygen atoms in total. The molecule has 2 aromatic carbocycles. The fourth-order valence-electron chi connectivity index (χ4n) is 5.07. The van der Waals surface area contributed by atoms with Crippen LogP contribution in [0.5, 0.6) is 0 Å². The fourth-order valence-corrected chi connectivity index (χ4v) is 6.80. The zero-order valence-corrected chi connectivity index (χ0v) is 22.4. The first-order valence-electron chi connectivity index (χ1n) is 12.6. The molecule has 4 N–H and O–H groups in total. The van der Waals surface area contributed by atoms with Gasteiger partial charge in [-0.3, -0.25) is 9.97 Å². The van der Waals surface area contributed by atoms with Gasteiger partial charge in [0, 0.05) is 12.4 Å². The summed E-state index contributed by atoms with van der Waals surface area (Å²) in [7, 11) is 0. The van der Waals surface area contributed by atoms with E-state index in [-0.39, 0.29) is 0 Å². The standard InChI is InChI=1S/C28H20N10S2/c1-3-11-19-17(9-1)31-25(39-19)33-23-35-27(21-13-5-7-15-29-21)28(36-23,22-14-6-8-16-30-22)38-24(37-27)34-26-32-18-10-2-4-12-20(18)40-26/h1-16H,(H2,31,33,35,36)(H2,32,34,37,38). The highest BCUT2D eigenvalue weighted by molar-refractivity contribution is 7.22. The van der Waals surface area contributed by atoms with E-state index in [2.05, 4.69) is 21.3 Å². The van der Waals surface area contributed by atoms with E-state index in [9.17, 15) is 0 Å². The number of nitrogens with zero attached hydrogens (tertiary/aromatic N) is 6. The van der Waals surface area contributed by atoms with Gasteiger partial charge in [0.2, 0.25) is 23.2 Å². The molecule has 2 aliphatic rings. The minimum Gasteiger partial charge on any atom is -0.324 e. The number of pyridine rings is 2. The van der Waals surface area contributed by atoms with E-state index in [1.807, 2.05) is 84.9 Å². The number of aliphatic imine (C=N–C) groups is 2. The van der Waals surface area contributed by atoms with Crippen molar-refractivity contribution >= 4 is 65.3 Å². The third-order valence-corrected chi connectivity index (χ3v) is 8.70. The van der Waals surface area contributed by atoms with E-state index in [0.29, 0.717) is 23.3 Å². The Morgan fingerprint density at radius 3 is 1.57 bits per heavy atom. The van der Waals surface area contributed by atoms with Crippen LogP contribution in [0.2, 0.25) is 0 Å². The molecule has 0 bridgehead atoms. The molecule has 0 spiro atoms. The van der Waals surface area contributed by atoms with Gasteiger partial charge in [0.15, 0.2) is 10.3 Å². The maximum Gasteiger partial charge on any atom is 0.246 e. The van der Waals surface area contributed by atoms with Crippen LogP contribution in [-0.4, -0.2) is 31.9 Å². The molecule has 40 heavy (non-hydrogen) atoms. The lowest BCUT2D eigenvalue weighted by atomic mass is 9.88. The van der Waals surface area contributed by atoms with E-state index in [0.717, 1.165) is 30.7 Å². The van der Waals surface area contributed by atoms with Crippen molar-refractivity contribution in [1.82, 2.24) is 30.6 Å². The molecular weight excluding hydrogens is 541 g/mol. The molecule has 0 amide bonds. The van der Waals surface area contributed by atoms with Gasteiger partial charge in [-0.1, -0.05) is 59.1 Å². The molecule has 0 fully saturated rings. The first-order valence-corrected chi connectivity index (χ1v) is 14.2. The summed E-state index contributed by atoms with van der Waals surface area (Å²) in [5.41, 5.74) is 0.900. The number of nitrogens with one attached hydrogen (secondary N) is 4. The molecule has 0 radical (unpaired) electrons. The fraction of sp³-hybridized carbons (Fsp3) is 0.0714. The highest BCUT2D eigenvalue weighted by Gasteiger charge is 2.65. The van der Waals surface area contributed by atoms with Crippen molar-refractivity contribution in [2.24, 2.45) is 9.98 Å². The van der Waals surface area contributed by atoms with Gasteiger partial charge in [-0.05, 0) is 48.5 Å². The summed E-state index contributed by atoms with van der Waals surface area (Å²) in [6.07, 6.45) is 3.50. The average molecular weight is 561 g/mol. The largest absolute Gasteiger partial charge is 0.324 e. The van der Waals surface area contributed by atoms with Crippen molar-refractivity contribution in [3.63, 3.8) is 0 Å². The maximum atomic E-state index is 5.15. The molecule has 0 unspecified atom stereocenters. The zero-order valence-electron chi connectivity index (χ0n) is 20.7. The van der Waals surface area contributed by atoms with Crippen molar-refractivity contribution in [3.8, 4) is 0 Å². The molecule has 0 saturated carbocycles. The van der Waals surface area contributed by atoms with E-state index < -0.39 is 11.3 Å². The monoisotopic (exact) mass is 560 g/mol. The molecule has 6 aromatic rings. The third-order valence-electron chi connectivity index (χ3n) is 6.79. The van der Waals surface area contributed by atoms with Gasteiger partial charge in [0.25, 0.3) is 0 Å². The number of benzene rings is 2. The predicted octanol–water partition coefficient (Wildman–Crippen LogP) is 4.84. The zero-order chi connectivity index (χ0) is 26.6. The van der Waals surface area contributed by atoms with Crippen molar-refractivity contribution in [1.29, 1.82) is 0 Å². The predicted molar refractivity (Wildman–Crippen MR) is 159 cm³/mol. The number of hydrogen-bond acceptors (Lipinski definition) is 12. The van der Waals surface area contributed by atoms with Gasteiger partial charge in [-0.25, -0.2) is 20.0 Å². The molecule has 8 rings (SSSR count). The molecule has 0 aliphatic carbocycles. The molecule has 0 atom stereocenters. The summed E-state index contributed by atoms with van der Waals surface area (Å²) in [6, 6.07) is 27.6. The van der Waals surface area contributed by atoms with E-state index in [4.69, 9.17) is 29.9 Å². The van der Waals surface area contributed by atoms with Crippen LogP contribution < -0.4 is 21.3 Å². The van der Waals surface area contributed by atoms with Crippen molar-refractivity contribution in [2.75, 3.05) is 10.6 Å². The lowest BCUT2D eigenvalue weighted by Gasteiger charge is -2.35. The Hall–Kier alpha value is -4.94. The van der Waals surface area contributed by atoms with Crippen LogP contribution in [-0.2, 0) is 11.3 Å². The highest BCUT2D eigenvalue weighted by Crippen LogP contribution is 2.48. The number of hydrogen-bond donors (Lipinski definition) is 4. The SMILES string of the molecule is c1ccc(C23N=C(Nc4nc5ccccc5s4)NC2(c2ccccn2)NC(Nc2nc4ccccc4s2)=N3)nc1. The first kappa shape index (κ1) is 23.0. The van der Waals surface area contributed by atoms with E-state index in [1.165, 1.54) is 0 Å². The smallest absolute Gasteiger partial charge is 0.246 e. The van der Waals surface area contributed by atoms with Crippen LogP contribution in [0.1, 0.15) is 11.4 Å². The highest BCUT2D eigenvalue weighted by atomic mass is 32.1. The van der Waals surface area contributed by atoms with Crippen molar-refractivity contribution in [3.05, 3.63) is 109 Å². The number of anilines is 2. The Balaban J connectivity index is 1.26. The topological polar surface area (TPSA) is 124 Å². The molecular formula is C28H20N10S2. The van der Waals surface area contributed by atoms with Gasteiger partial charge >= 0.3 is 0 Å². The first-order chi connectivity index (χ1) is 19.7. The average Bonchev–Trinajstić information content (AvgIpc) is 3.73. The summed E-state index contributed by atoms with van der Waals surface area (Å²) in [5.74, 6) is 1.01. The van der Waals surface area contributed by atoms with Gasteiger partial charge in [0.05, 0.1) is 31.8 Å². The minimum atomic E-state index is -1.22. The molecule has 12 heteroatoms. The maximum absolute atomic E-state index is 5.15. The quantitative estimate of drug-likeness (QED) is 0.241. The second kappa shape index (κ2) is 8.79. The third kappa shape index (κ3) is 3.53. The Labute approximate surface area is 236 Å². The molecule has 6 heterocycles. The number of fused-ring (bicyclic) bond motifs is 3. The van der Waals surface area contributed by atoms with Crippen LogP contribution in [0.4, 0.5) is 10.3 Å². The van der Waals surface area contributed by atoms with Crippen LogP contribution >= 0.6 is 22.7 Å². The van der Waals surface area contributed by atoms with E-state index in [1.54, 1.807) is 35.1 Å². The lowest BCUT2D eigenvalue weighted by Crippen LogP contribution is -2.61. The lowest BCUT2D eigenvalue weighted by molar-refractivity contribution is 0.222. The summed E-state index contributed by atoms with van der Waals surface area (Å²) in [4.78, 5) is 29.2. The molecule has 4 aromatic heterocycles. The second-order valence-corrected chi connectivity index (χ2v) is 11.3. The number of aromatic nitrogens is 4. The van der Waals surface area contributed by atoms with Gasteiger partial charge in [-0.15, -0.1) is 0 Å². The summed E-state index contributed by atoms with van der Waals surface area (Å²) < 4.78 is 2.17. The normalized spacial score (nSPS) is 21.4. The molecule has 2 aliphatic heterocycles. The van der Waals surface area contributed by atoms with Crippen molar-refractivity contribution in [2.45, 2.75) is 11.3 Å². The Morgan fingerprint density at radius 2 is 1.07 bits per heavy atom. The van der Waals surface area contributed by atoms with E-state index >= 15 is 0 Å². The second-order valence-electron chi connectivity index (χ2n) is 9.25. The number of rotatable bonds is 4. The number of para-hydroxylation sites is 2. The van der Waals surface area contributed by atoms with Crippen LogP contribution in [0.3, 0.4) is 0 Å². The van der Waals surface area contributed by atoms with Crippen molar-refractivity contribution < 1.29 is 0 Å². The number of thiazole rings is 2. The van der Waals surface area contributed by atoms with Crippen LogP contribution in [0.15, 0.2) is 107 Å². The Morgan fingerprint density at radius 1 is 0.575 bits per heavy atom. The van der Waals surface area contributed by atoms with Crippen LogP contribution in [0, 0.1) is 0 Å². The van der Waals surface area contributed by atoms with Gasteiger partial charge in [-0.2, -0.15) is 0 Å². The number of guanidine groups is 2. The summed E-state index contributed by atoms with van der Waals surface area (Å²) in [5, 5.41) is 15.4. The summed E-state index contributed by atoms with van der Waals surface area (Å²) >= 11 is 3.11. The van der Waals surface area contributed by atoms with Gasteiger partial charge in [0.1, 0.15) is 0 Å². The minimum absolute atomic E-state index is 0.505. The summed E-state index contributed by atoms with van der Waals surface area (Å²) in [6.45, 7) is 0. The Kier molecular flexibility index (Phi) is 5.06. The van der Waals surface area contributed by atoms with Gasteiger partial charge < -0.3 is 21.3 Å². The Bertz CT molecular complexity index is 1770. The van der Waals surface area contributed by atoms with Crippen LogP contribution in [0.25, 0.3) is 20.4 Å².